The van der Waals surface area contributed by atoms with E-state index >= 15 is 0 Å². The first-order valence-corrected chi connectivity index (χ1v) is 5.29. The van der Waals surface area contributed by atoms with Gasteiger partial charge in [0.1, 0.15) is 5.76 Å². The van der Waals surface area contributed by atoms with Crippen LogP contribution in [0, 0.1) is 6.92 Å². The molecule has 86 valence electrons. The van der Waals surface area contributed by atoms with E-state index in [1.807, 2.05) is 12.1 Å². The van der Waals surface area contributed by atoms with Crippen molar-refractivity contribution in [3.63, 3.8) is 0 Å². The third kappa shape index (κ3) is 2.84. The third-order valence-electron chi connectivity index (χ3n) is 2.35. The minimum atomic E-state index is -0.144. The molecule has 2 N–H and O–H groups in total. The van der Waals surface area contributed by atoms with Crippen LogP contribution in [0.15, 0.2) is 46.9 Å². The summed E-state index contributed by atoms with van der Waals surface area (Å²) in [5.41, 5.74) is 7.20. The van der Waals surface area contributed by atoms with Crippen LogP contribution in [0.4, 0.5) is 5.69 Å². The van der Waals surface area contributed by atoms with E-state index in [-0.39, 0.29) is 5.78 Å². The van der Waals surface area contributed by atoms with E-state index in [0.717, 1.165) is 11.3 Å². The van der Waals surface area contributed by atoms with Gasteiger partial charge in [-0.05, 0) is 42.8 Å². The zero-order valence-corrected chi connectivity index (χ0v) is 9.51. The van der Waals surface area contributed by atoms with Gasteiger partial charge in [-0.2, -0.15) is 0 Å². The molecule has 0 atom stereocenters. The van der Waals surface area contributed by atoms with Crippen LogP contribution < -0.4 is 5.73 Å². The summed E-state index contributed by atoms with van der Waals surface area (Å²) in [7, 11) is 0. The maximum atomic E-state index is 11.7. The number of hydrogen-bond donors (Lipinski definition) is 1. The molecule has 0 saturated carbocycles. The topological polar surface area (TPSA) is 56.2 Å². The Morgan fingerprint density at radius 2 is 1.88 bits per heavy atom. The average molecular weight is 227 g/mol. The number of nitrogen functional groups attached to an aromatic ring is 1. The van der Waals surface area contributed by atoms with E-state index in [1.165, 1.54) is 6.08 Å². The fourth-order valence-electron chi connectivity index (χ4n) is 1.43. The maximum Gasteiger partial charge on any atom is 0.221 e. The first-order chi connectivity index (χ1) is 8.15. The molecular formula is C14H13NO2. The minimum Gasteiger partial charge on any atom is -0.458 e. The van der Waals surface area contributed by atoms with E-state index in [9.17, 15) is 4.79 Å². The summed E-state index contributed by atoms with van der Waals surface area (Å²) < 4.78 is 5.23. The molecule has 3 heteroatoms. The van der Waals surface area contributed by atoms with Gasteiger partial charge in [0.2, 0.25) is 5.78 Å². The van der Waals surface area contributed by atoms with Gasteiger partial charge in [-0.3, -0.25) is 4.79 Å². The molecule has 0 bridgehead atoms. The van der Waals surface area contributed by atoms with Crippen molar-refractivity contribution in [1.29, 1.82) is 0 Å². The van der Waals surface area contributed by atoms with Crippen molar-refractivity contribution >= 4 is 17.5 Å². The largest absolute Gasteiger partial charge is 0.458 e. The van der Waals surface area contributed by atoms with Crippen LogP contribution in [0.1, 0.15) is 21.9 Å². The molecule has 0 spiro atoms. The lowest BCUT2D eigenvalue weighted by atomic mass is 10.1. The number of nitrogens with two attached hydrogens (primary N) is 1. The summed E-state index contributed by atoms with van der Waals surface area (Å²) in [5.74, 6) is 0.943. The van der Waals surface area contributed by atoms with Gasteiger partial charge in [0, 0.05) is 5.69 Å². The third-order valence-corrected chi connectivity index (χ3v) is 2.35. The molecule has 0 fully saturated rings. The highest BCUT2D eigenvalue weighted by Crippen LogP contribution is 2.10. The van der Waals surface area contributed by atoms with Crippen LogP contribution in [0.25, 0.3) is 6.08 Å². The highest BCUT2D eigenvalue weighted by molar-refractivity contribution is 6.04. The number of aryl methyl sites for hydroxylation is 1. The molecule has 1 heterocycles. The Balaban J connectivity index is 2.10. The van der Waals surface area contributed by atoms with Crippen molar-refractivity contribution in [2.75, 3.05) is 5.73 Å². The second-order valence-electron chi connectivity index (χ2n) is 3.77. The smallest absolute Gasteiger partial charge is 0.221 e. The number of carbonyl (C=O) groups excluding carboxylic acids is 1. The van der Waals surface area contributed by atoms with Crippen LogP contribution in [-0.4, -0.2) is 5.78 Å². The number of furan rings is 1. The second-order valence-corrected chi connectivity index (χ2v) is 3.77. The second kappa shape index (κ2) is 4.70. The molecule has 0 radical (unpaired) electrons. The lowest BCUT2D eigenvalue weighted by Crippen LogP contribution is -1.90. The molecule has 3 nitrogen and oxygen atoms in total. The first-order valence-electron chi connectivity index (χ1n) is 5.29. The van der Waals surface area contributed by atoms with Crippen LogP contribution in [0.3, 0.4) is 0 Å². The maximum absolute atomic E-state index is 11.7. The Hall–Kier alpha value is -2.29. The van der Waals surface area contributed by atoms with Gasteiger partial charge in [-0.25, -0.2) is 0 Å². The number of allylic oxidation sites excluding steroid dienone is 1. The normalized spacial score (nSPS) is 10.9. The van der Waals surface area contributed by atoms with Gasteiger partial charge in [0.25, 0.3) is 0 Å². The summed E-state index contributed by atoms with van der Waals surface area (Å²) in [4.78, 5) is 11.7. The van der Waals surface area contributed by atoms with Crippen LogP contribution in [0.2, 0.25) is 0 Å². The van der Waals surface area contributed by atoms with Gasteiger partial charge in [0.15, 0.2) is 5.76 Å². The number of ketones is 1. The summed E-state index contributed by atoms with van der Waals surface area (Å²) in [6, 6.07) is 10.7. The molecular weight excluding hydrogens is 214 g/mol. The fourth-order valence-corrected chi connectivity index (χ4v) is 1.43. The van der Waals surface area contributed by atoms with Crippen molar-refractivity contribution in [1.82, 2.24) is 0 Å². The Bertz CT molecular complexity index is 550. The van der Waals surface area contributed by atoms with E-state index in [4.69, 9.17) is 10.2 Å². The van der Waals surface area contributed by atoms with Gasteiger partial charge in [-0.1, -0.05) is 18.2 Å². The number of benzene rings is 1. The standard InChI is InChI=1S/C14H13NO2/c1-10-2-9-14(17-10)13(16)8-5-11-3-6-12(15)7-4-11/h2-9H,15H2,1H3/b8-5+. The lowest BCUT2D eigenvalue weighted by Gasteiger charge is -1.94. The quantitative estimate of drug-likeness (QED) is 0.498. The minimum absolute atomic E-state index is 0.144. The fraction of sp³-hybridized carbons (Fsp3) is 0.0714. The van der Waals surface area contributed by atoms with E-state index in [2.05, 4.69) is 0 Å². The van der Waals surface area contributed by atoms with Crippen molar-refractivity contribution in [2.45, 2.75) is 6.92 Å². The van der Waals surface area contributed by atoms with Crippen LogP contribution >= 0.6 is 0 Å². The molecule has 0 amide bonds. The zero-order chi connectivity index (χ0) is 12.3. The summed E-state index contributed by atoms with van der Waals surface area (Å²) in [6.07, 6.45) is 3.23. The number of carbonyl (C=O) groups is 1. The van der Waals surface area contributed by atoms with E-state index < -0.39 is 0 Å². The van der Waals surface area contributed by atoms with Crippen LogP contribution in [-0.2, 0) is 0 Å². The average Bonchev–Trinajstić information content (AvgIpc) is 2.75. The summed E-state index contributed by atoms with van der Waals surface area (Å²) in [5, 5.41) is 0. The van der Waals surface area contributed by atoms with Gasteiger partial charge < -0.3 is 10.2 Å². The SMILES string of the molecule is Cc1ccc(C(=O)/C=C/c2ccc(N)cc2)o1. The van der Waals surface area contributed by atoms with E-state index in [0.29, 0.717) is 11.4 Å². The van der Waals surface area contributed by atoms with Crippen molar-refractivity contribution in [3.8, 4) is 0 Å². The van der Waals surface area contributed by atoms with Gasteiger partial charge in [-0.15, -0.1) is 0 Å². The molecule has 0 unspecified atom stereocenters. The number of anilines is 1. The highest BCUT2D eigenvalue weighted by atomic mass is 16.3. The van der Waals surface area contributed by atoms with Gasteiger partial charge >= 0.3 is 0 Å². The molecule has 1 aromatic heterocycles. The molecule has 0 aliphatic carbocycles. The molecule has 0 aliphatic rings. The highest BCUT2D eigenvalue weighted by Gasteiger charge is 2.05. The zero-order valence-electron chi connectivity index (χ0n) is 9.51. The summed E-state index contributed by atoms with van der Waals surface area (Å²) >= 11 is 0. The molecule has 0 aliphatic heterocycles. The number of hydrogen-bond acceptors (Lipinski definition) is 3. The predicted octanol–water partition coefficient (Wildman–Crippen LogP) is 3.07. The van der Waals surface area contributed by atoms with Crippen LogP contribution in [0.5, 0.6) is 0 Å². The predicted molar refractivity (Wildman–Crippen MR) is 67.7 cm³/mol. The Labute approximate surface area is 99.6 Å². The Kier molecular flexibility index (Phi) is 3.10. The summed E-state index contributed by atoms with van der Waals surface area (Å²) in [6.45, 7) is 1.81. The molecule has 1 aromatic carbocycles. The molecule has 2 aromatic rings. The van der Waals surface area contributed by atoms with Gasteiger partial charge in [0.05, 0.1) is 0 Å². The van der Waals surface area contributed by atoms with Crippen molar-refractivity contribution in [3.05, 3.63) is 59.6 Å². The number of rotatable bonds is 3. The molecule has 17 heavy (non-hydrogen) atoms. The van der Waals surface area contributed by atoms with Crippen molar-refractivity contribution < 1.29 is 9.21 Å². The van der Waals surface area contributed by atoms with E-state index in [1.54, 1.807) is 37.3 Å². The monoisotopic (exact) mass is 227 g/mol. The Morgan fingerprint density at radius 3 is 2.47 bits per heavy atom. The Morgan fingerprint density at radius 1 is 1.18 bits per heavy atom. The molecule has 0 saturated heterocycles. The first kappa shape index (κ1) is 11.2. The molecule has 2 rings (SSSR count). The van der Waals surface area contributed by atoms with Crippen molar-refractivity contribution in [2.24, 2.45) is 0 Å². The lowest BCUT2D eigenvalue weighted by molar-refractivity contribution is 0.102.